The van der Waals surface area contributed by atoms with Gasteiger partial charge in [-0.05, 0) is 109 Å². The van der Waals surface area contributed by atoms with Crippen LogP contribution in [0, 0.1) is 82.6 Å². The van der Waals surface area contributed by atoms with Crippen molar-refractivity contribution in [3.63, 3.8) is 0 Å². The van der Waals surface area contributed by atoms with Crippen molar-refractivity contribution in [1.82, 2.24) is 0 Å². The normalized spacial score (nSPS) is 12.2. The molecule has 2 nitrogen and oxygen atoms in total. The number of benzene rings is 6. The van der Waals surface area contributed by atoms with E-state index < -0.39 is 126 Å². The van der Waals surface area contributed by atoms with Crippen LogP contribution in [-0.4, -0.2) is 13.2 Å². The largest absolute Gasteiger partial charge is 0.493 e. The molecule has 0 aliphatic rings. The van der Waals surface area contributed by atoms with Crippen LogP contribution in [-0.2, 0) is 6.18 Å². The zero-order chi connectivity index (χ0) is 48.9. The third kappa shape index (κ3) is 11.7. The van der Waals surface area contributed by atoms with Crippen molar-refractivity contribution < 1.29 is 75.3 Å². The van der Waals surface area contributed by atoms with E-state index in [2.05, 4.69) is 0 Å². The number of alkyl halides is 3. The van der Waals surface area contributed by atoms with E-state index in [4.69, 9.17) is 9.47 Å². The van der Waals surface area contributed by atoms with Crippen molar-refractivity contribution in [2.75, 3.05) is 13.2 Å². The quantitative estimate of drug-likeness (QED) is 0.0631. The van der Waals surface area contributed by atoms with Gasteiger partial charge in [0.05, 0.1) is 35.5 Å². The summed E-state index contributed by atoms with van der Waals surface area (Å²) in [4.78, 5) is 0. The molecular formula is C50H39F15O2. The lowest BCUT2D eigenvalue weighted by Gasteiger charge is -2.17. The van der Waals surface area contributed by atoms with E-state index in [0.717, 1.165) is 69.0 Å². The fraction of sp³-hybridized carbons (Fsp3) is 0.280. The predicted molar refractivity (Wildman–Crippen MR) is 221 cm³/mol. The van der Waals surface area contributed by atoms with E-state index in [1.807, 2.05) is 6.92 Å². The molecule has 0 fully saturated rings. The van der Waals surface area contributed by atoms with Gasteiger partial charge in [-0.15, -0.1) is 0 Å². The Balaban J connectivity index is 0.971. The monoisotopic (exact) mass is 956 g/mol. The summed E-state index contributed by atoms with van der Waals surface area (Å²) in [6.07, 6.45) is 0.274. The van der Waals surface area contributed by atoms with Gasteiger partial charge < -0.3 is 9.47 Å². The molecule has 67 heavy (non-hydrogen) atoms. The molecule has 0 N–H and O–H groups in total. The van der Waals surface area contributed by atoms with Crippen molar-refractivity contribution in [3.05, 3.63) is 154 Å². The van der Waals surface area contributed by atoms with E-state index in [-0.39, 0.29) is 48.3 Å². The first-order valence-corrected chi connectivity index (χ1v) is 20.9. The lowest BCUT2D eigenvalue weighted by Crippen LogP contribution is -2.11. The molecule has 0 saturated heterocycles. The van der Waals surface area contributed by atoms with Crippen molar-refractivity contribution >= 4 is 0 Å². The molecule has 0 aromatic heterocycles. The van der Waals surface area contributed by atoms with Gasteiger partial charge in [-0.3, -0.25) is 0 Å². The van der Waals surface area contributed by atoms with Gasteiger partial charge in [0, 0.05) is 29.8 Å². The second-order valence-corrected chi connectivity index (χ2v) is 15.9. The van der Waals surface area contributed by atoms with Gasteiger partial charge >= 0.3 is 6.18 Å². The predicted octanol–water partition coefficient (Wildman–Crippen LogP) is 16.6. The van der Waals surface area contributed by atoms with E-state index in [9.17, 15) is 30.7 Å². The summed E-state index contributed by atoms with van der Waals surface area (Å²) in [6.45, 7) is 3.32. The summed E-state index contributed by atoms with van der Waals surface area (Å²) >= 11 is 0. The highest BCUT2D eigenvalue weighted by atomic mass is 19.4. The van der Waals surface area contributed by atoms with Gasteiger partial charge in [0.2, 0.25) is 0 Å². The highest BCUT2D eigenvalue weighted by Gasteiger charge is 2.38. The Kier molecular flexibility index (Phi) is 15.9. The zero-order valence-electron chi connectivity index (χ0n) is 35.6. The van der Waals surface area contributed by atoms with Crippen molar-refractivity contribution in [3.8, 4) is 56.0 Å². The first-order chi connectivity index (χ1) is 31.7. The molecule has 1 unspecified atom stereocenters. The smallest absolute Gasteiger partial charge is 0.422 e. The molecule has 0 aliphatic heterocycles. The van der Waals surface area contributed by atoms with E-state index in [0.29, 0.717) is 49.9 Å². The maximum absolute atomic E-state index is 15.2. The minimum Gasteiger partial charge on any atom is -0.493 e. The first kappa shape index (κ1) is 50.3. The van der Waals surface area contributed by atoms with Gasteiger partial charge in [0.15, 0.2) is 0 Å². The number of hydrogen-bond donors (Lipinski definition) is 0. The molecule has 6 aromatic rings. The SMILES string of the molecule is CCCC(CCCCOc1cc(F)c(-c2cc(F)c(-c3cc(F)c(C)c(F)c3)c(F)c2)c(F)c1)CCCCOc1cc(F)c(-c2cc(F)c(-c3cc(F)c(C(F)(F)F)c(F)c3)c(F)c2)c(F)c1. The lowest BCUT2D eigenvalue weighted by atomic mass is 9.92. The second kappa shape index (κ2) is 21.2. The highest BCUT2D eigenvalue weighted by molar-refractivity contribution is 5.74. The number of halogens is 15. The Morgan fingerprint density at radius 1 is 0.388 bits per heavy atom. The molecule has 17 heteroatoms. The van der Waals surface area contributed by atoms with Crippen molar-refractivity contribution in [2.24, 2.45) is 5.92 Å². The molecule has 6 rings (SSSR count). The molecule has 0 saturated carbocycles. The average molecular weight is 957 g/mol. The minimum atomic E-state index is -5.43. The molecule has 0 spiro atoms. The summed E-state index contributed by atoms with van der Waals surface area (Å²) in [7, 11) is 0. The molecule has 0 bridgehead atoms. The Morgan fingerprint density at radius 3 is 0.970 bits per heavy atom. The van der Waals surface area contributed by atoms with Crippen LogP contribution in [0.4, 0.5) is 65.9 Å². The van der Waals surface area contributed by atoms with Gasteiger partial charge in [0.1, 0.15) is 86.9 Å². The molecule has 0 amide bonds. The number of rotatable bonds is 18. The van der Waals surface area contributed by atoms with Gasteiger partial charge in [-0.2, -0.15) is 13.2 Å². The van der Waals surface area contributed by atoms with Crippen LogP contribution < -0.4 is 9.47 Å². The van der Waals surface area contributed by atoms with E-state index in [1.165, 1.54) is 0 Å². The Morgan fingerprint density at radius 2 is 0.672 bits per heavy atom. The molecule has 356 valence electrons. The maximum atomic E-state index is 15.2. The van der Waals surface area contributed by atoms with Gasteiger partial charge in [0.25, 0.3) is 0 Å². The Bertz CT molecular complexity index is 2630. The third-order valence-electron chi connectivity index (χ3n) is 11.1. The van der Waals surface area contributed by atoms with Crippen LogP contribution >= 0.6 is 0 Å². The molecule has 6 aromatic carbocycles. The first-order valence-electron chi connectivity index (χ1n) is 20.9. The van der Waals surface area contributed by atoms with Crippen LogP contribution in [0.25, 0.3) is 44.5 Å². The van der Waals surface area contributed by atoms with Crippen LogP contribution in [0.1, 0.15) is 69.4 Å². The third-order valence-corrected chi connectivity index (χ3v) is 11.1. The summed E-state index contributed by atoms with van der Waals surface area (Å²) in [5.41, 5.74) is -8.55. The van der Waals surface area contributed by atoms with Crippen molar-refractivity contribution in [2.45, 2.75) is 71.4 Å². The minimum absolute atomic E-state index is 0.0556. The molecule has 0 radical (unpaired) electrons. The Hall–Kier alpha value is -6.13. The Labute approximate surface area is 375 Å². The zero-order valence-corrected chi connectivity index (χ0v) is 35.6. The second-order valence-electron chi connectivity index (χ2n) is 15.9. The molecular weight excluding hydrogens is 918 g/mol. The van der Waals surface area contributed by atoms with Crippen LogP contribution in [0.5, 0.6) is 11.5 Å². The summed E-state index contributed by atoms with van der Waals surface area (Å²) in [6, 6.07) is 7.30. The highest BCUT2D eigenvalue weighted by Crippen LogP contribution is 2.40. The van der Waals surface area contributed by atoms with Crippen molar-refractivity contribution in [1.29, 1.82) is 0 Å². The van der Waals surface area contributed by atoms with E-state index in [1.54, 1.807) is 0 Å². The summed E-state index contributed by atoms with van der Waals surface area (Å²) < 4.78 is 227. The average Bonchev–Trinajstić information content (AvgIpc) is 3.21. The maximum Gasteiger partial charge on any atom is 0.422 e. The molecule has 0 aliphatic carbocycles. The fourth-order valence-electron chi connectivity index (χ4n) is 7.87. The van der Waals surface area contributed by atoms with E-state index >= 15 is 35.1 Å². The van der Waals surface area contributed by atoms with Gasteiger partial charge in [-0.1, -0.05) is 32.6 Å². The summed E-state index contributed by atoms with van der Waals surface area (Å²) in [5.74, 6) is -16.9. The number of unbranched alkanes of at least 4 members (excludes halogenated alkanes) is 2. The summed E-state index contributed by atoms with van der Waals surface area (Å²) in [5, 5.41) is 0. The fourth-order valence-corrected chi connectivity index (χ4v) is 7.87. The number of ether oxygens (including phenoxy) is 2. The van der Waals surface area contributed by atoms with Gasteiger partial charge in [-0.25, -0.2) is 52.7 Å². The van der Waals surface area contributed by atoms with Crippen LogP contribution in [0.3, 0.4) is 0 Å². The standard InChI is InChI=1S/C50H39F15O2/c1-3-8-26(9-4-6-11-66-31-21-39(57)47(40(58)22-31)28-15-35(53)45(36(54)16-28)27-13-33(51)25(2)34(52)14-27)10-5-7-12-67-32-23-41(59)48(42(60)24-32)29-17-37(55)46(38(56)18-29)30-19-43(61)49(44(62)20-30)50(63,64)65/h13-24,26H,3-12H2,1-2H3. The molecule has 1 atom stereocenters. The number of hydrogen-bond acceptors (Lipinski definition) is 2. The topological polar surface area (TPSA) is 18.5 Å². The lowest BCUT2D eigenvalue weighted by molar-refractivity contribution is -0.142. The van der Waals surface area contributed by atoms with Crippen LogP contribution in [0.2, 0.25) is 0 Å². The van der Waals surface area contributed by atoms with Crippen LogP contribution in [0.15, 0.2) is 72.8 Å². The molecule has 0 heterocycles.